The summed E-state index contributed by atoms with van der Waals surface area (Å²) < 4.78 is 71.2. The van der Waals surface area contributed by atoms with Crippen molar-refractivity contribution in [3.63, 3.8) is 0 Å². The van der Waals surface area contributed by atoms with Crippen LogP contribution in [0, 0.1) is 5.82 Å². The molecule has 0 spiro atoms. The van der Waals surface area contributed by atoms with Gasteiger partial charge in [0.2, 0.25) is 0 Å². The summed E-state index contributed by atoms with van der Waals surface area (Å²) in [5.74, 6) is -0.00642. The molecule has 0 saturated carbocycles. The third-order valence-electron chi connectivity index (χ3n) is 4.87. The second-order valence-corrected chi connectivity index (χ2v) is 7.00. The molecular weight excluding hydrogens is 430 g/mol. The molecule has 1 fully saturated rings. The molecule has 10 heteroatoms. The van der Waals surface area contributed by atoms with E-state index in [2.05, 4.69) is 9.97 Å². The smallest absolute Gasteiger partial charge is 0.416 e. The topological polar surface area (TPSA) is 56.7 Å². The first kappa shape index (κ1) is 21.8. The van der Waals surface area contributed by atoms with Crippen LogP contribution in [0.1, 0.15) is 5.56 Å². The summed E-state index contributed by atoms with van der Waals surface area (Å²) in [6, 6.07) is 9.76. The summed E-state index contributed by atoms with van der Waals surface area (Å²) in [6.07, 6.45) is -3.74. The van der Waals surface area contributed by atoms with Crippen LogP contribution < -0.4 is 14.4 Å². The van der Waals surface area contributed by atoms with E-state index < -0.39 is 17.6 Å². The summed E-state index contributed by atoms with van der Waals surface area (Å²) in [4.78, 5) is 9.60. The van der Waals surface area contributed by atoms with Gasteiger partial charge in [0.1, 0.15) is 17.2 Å². The molecular formula is C22H19F4N3O3. The van der Waals surface area contributed by atoms with Crippen LogP contribution in [-0.2, 0) is 10.9 Å². The predicted molar refractivity (Wildman–Crippen MR) is 109 cm³/mol. The van der Waals surface area contributed by atoms with Crippen LogP contribution in [0.3, 0.4) is 0 Å². The van der Waals surface area contributed by atoms with Gasteiger partial charge in [-0.1, -0.05) is 6.07 Å². The molecule has 0 bridgehead atoms. The Bertz CT molecular complexity index is 1100. The molecule has 0 atom stereocenters. The van der Waals surface area contributed by atoms with E-state index in [-0.39, 0.29) is 17.3 Å². The number of ether oxygens (including phenoxy) is 3. The Balaban J connectivity index is 1.73. The molecule has 2 heterocycles. The molecule has 0 amide bonds. The summed E-state index contributed by atoms with van der Waals surface area (Å²) in [6.45, 7) is 1.65. The Hall–Kier alpha value is -3.40. The maximum Gasteiger partial charge on any atom is 0.416 e. The lowest BCUT2D eigenvalue weighted by Crippen LogP contribution is -2.36. The van der Waals surface area contributed by atoms with E-state index in [1.807, 2.05) is 0 Å². The van der Waals surface area contributed by atoms with Gasteiger partial charge in [0.05, 0.1) is 32.1 Å². The summed E-state index contributed by atoms with van der Waals surface area (Å²) in [5.41, 5.74) is -0.911. The Kier molecular flexibility index (Phi) is 6.13. The van der Waals surface area contributed by atoms with Crippen LogP contribution in [-0.4, -0.2) is 43.4 Å². The van der Waals surface area contributed by atoms with Gasteiger partial charge in [0.15, 0.2) is 5.82 Å². The number of hydrogen-bond acceptors (Lipinski definition) is 6. The van der Waals surface area contributed by atoms with Crippen molar-refractivity contribution in [3.05, 3.63) is 60.0 Å². The minimum atomic E-state index is -4.61. The van der Waals surface area contributed by atoms with E-state index in [1.165, 1.54) is 13.2 Å². The minimum absolute atomic E-state index is 0.0308. The van der Waals surface area contributed by atoms with E-state index in [0.717, 1.165) is 18.3 Å². The van der Waals surface area contributed by atoms with Crippen molar-refractivity contribution in [2.75, 3.05) is 38.3 Å². The van der Waals surface area contributed by atoms with Gasteiger partial charge in [-0.05, 0) is 30.3 Å². The molecule has 0 radical (unpaired) electrons. The van der Waals surface area contributed by atoms with Crippen LogP contribution in [0.15, 0.2) is 48.7 Å². The van der Waals surface area contributed by atoms with Gasteiger partial charge in [-0.3, -0.25) is 0 Å². The maximum absolute atomic E-state index is 14.6. The lowest BCUT2D eigenvalue weighted by molar-refractivity contribution is -0.137. The fourth-order valence-electron chi connectivity index (χ4n) is 3.29. The van der Waals surface area contributed by atoms with Gasteiger partial charge in [-0.25, -0.2) is 9.37 Å². The second-order valence-electron chi connectivity index (χ2n) is 7.00. The van der Waals surface area contributed by atoms with Crippen molar-refractivity contribution >= 4 is 5.69 Å². The SMILES string of the molecule is COc1cccc(Oc2ncc(F)c(-c3cc(N4CCOCC4)cc(C(F)(F)F)c3)n2)c1. The molecule has 4 rings (SSSR count). The molecule has 1 aliphatic heterocycles. The molecule has 1 saturated heterocycles. The number of alkyl halides is 3. The van der Waals surface area contributed by atoms with Crippen molar-refractivity contribution in [3.8, 4) is 28.8 Å². The molecule has 32 heavy (non-hydrogen) atoms. The molecule has 3 aromatic rings. The monoisotopic (exact) mass is 449 g/mol. The van der Waals surface area contributed by atoms with Crippen LogP contribution >= 0.6 is 0 Å². The lowest BCUT2D eigenvalue weighted by Gasteiger charge is -2.29. The van der Waals surface area contributed by atoms with Gasteiger partial charge in [0, 0.05) is 30.4 Å². The number of aromatic nitrogens is 2. The normalized spacial score (nSPS) is 14.3. The summed E-state index contributed by atoms with van der Waals surface area (Å²) >= 11 is 0. The molecule has 0 unspecified atom stereocenters. The Labute approximate surface area is 181 Å². The molecule has 0 N–H and O–H groups in total. The minimum Gasteiger partial charge on any atom is -0.497 e. The highest BCUT2D eigenvalue weighted by molar-refractivity contribution is 5.68. The molecule has 1 aromatic heterocycles. The first-order valence-electron chi connectivity index (χ1n) is 9.73. The molecule has 1 aliphatic rings. The fraction of sp³-hybridized carbons (Fsp3) is 0.273. The molecule has 6 nitrogen and oxygen atoms in total. The van der Waals surface area contributed by atoms with E-state index in [9.17, 15) is 17.6 Å². The zero-order valence-electron chi connectivity index (χ0n) is 17.0. The Morgan fingerprint density at radius 3 is 2.50 bits per heavy atom. The standard InChI is InChI=1S/C22H19F4N3O3/c1-30-17-3-2-4-18(12-17)32-21-27-13-19(23)20(28-21)14-9-15(22(24,25)26)11-16(10-14)29-5-7-31-8-6-29/h2-4,9-13H,5-8H2,1H3. The van der Waals surface area contributed by atoms with Gasteiger partial charge < -0.3 is 19.1 Å². The zero-order valence-corrected chi connectivity index (χ0v) is 17.0. The van der Waals surface area contributed by atoms with E-state index >= 15 is 0 Å². The van der Waals surface area contributed by atoms with Crippen molar-refractivity contribution in [1.82, 2.24) is 9.97 Å². The zero-order chi connectivity index (χ0) is 22.7. The second kappa shape index (κ2) is 8.99. The van der Waals surface area contributed by atoms with Crippen LogP contribution in [0.2, 0.25) is 0 Å². The van der Waals surface area contributed by atoms with Crippen molar-refractivity contribution in [2.24, 2.45) is 0 Å². The quantitative estimate of drug-likeness (QED) is 0.515. The van der Waals surface area contributed by atoms with Gasteiger partial charge >= 0.3 is 12.2 Å². The highest BCUT2D eigenvalue weighted by atomic mass is 19.4. The fourth-order valence-corrected chi connectivity index (χ4v) is 3.29. The lowest BCUT2D eigenvalue weighted by atomic mass is 10.0. The van der Waals surface area contributed by atoms with Crippen molar-refractivity contribution < 1.29 is 31.8 Å². The van der Waals surface area contributed by atoms with Crippen LogP contribution in [0.4, 0.5) is 23.2 Å². The number of halogens is 4. The number of anilines is 1. The van der Waals surface area contributed by atoms with E-state index in [1.54, 1.807) is 29.2 Å². The van der Waals surface area contributed by atoms with Crippen LogP contribution in [0.5, 0.6) is 17.5 Å². The average molecular weight is 449 g/mol. The first-order valence-corrected chi connectivity index (χ1v) is 9.73. The summed E-state index contributed by atoms with van der Waals surface area (Å²) in [7, 11) is 1.49. The van der Waals surface area contributed by atoms with Gasteiger partial charge in [-0.2, -0.15) is 18.2 Å². The summed E-state index contributed by atoms with van der Waals surface area (Å²) in [5, 5.41) is 0. The van der Waals surface area contributed by atoms with E-state index in [4.69, 9.17) is 14.2 Å². The highest BCUT2D eigenvalue weighted by Crippen LogP contribution is 2.37. The van der Waals surface area contributed by atoms with Gasteiger partial charge in [0.25, 0.3) is 0 Å². The number of morpholine rings is 1. The molecule has 0 aliphatic carbocycles. The number of benzene rings is 2. The molecule has 2 aromatic carbocycles. The van der Waals surface area contributed by atoms with Crippen LogP contribution in [0.25, 0.3) is 11.3 Å². The Morgan fingerprint density at radius 2 is 1.78 bits per heavy atom. The maximum atomic E-state index is 14.6. The number of hydrogen-bond donors (Lipinski definition) is 0. The third kappa shape index (κ3) is 4.91. The van der Waals surface area contributed by atoms with E-state index in [0.29, 0.717) is 43.5 Å². The van der Waals surface area contributed by atoms with Crippen molar-refractivity contribution in [1.29, 1.82) is 0 Å². The number of methoxy groups -OCH3 is 1. The van der Waals surface area contributed by atoms with Gasteiger partial charge in [-0.15, -0.1) is 0 Å². The number of rotatable bonds is 5. The highest BCUT2D eigenvalue weighted by Gasteiger charge is 2.32. The number of nitrogens with zero attached hydrogens (tertiary/aromatic N) is 3. The van der Waals surface area contributed by atoms with Crippen molar-refractivity contribution in [2.45, 2.75) is 6.18 Å². The predicted octanol–water partition coefficient (Wildman–Crippen LogP) is 4.94. The Morgan fingerprint density at radius 1 is 1.03 bits per heavy atom. The largest absolute Gasteiger partial charge is 0.497 e. The first-order chi connectivity index (χ1) is 15.3. The average Bonchev–Trinajstić information content (AvgIpc) is 2.80. The molecule has 168 valence electrons. The third-order valence-corrected chi connectivity index (χ3v) is 4.87.